The zero-order valence-corrected chi connectivity index (χ0v) is 12.1. The topological polar surface area (TPSA) is 97.1 Å². The Morgan fingerprint density at radius 1 is 1.26 bits per heavy atom. The fourth-order valence-corrected chi connectivity index (χ4v) is 1.31. The van der Waals surface area contributed by atoms with Crippen molar-refractivity contribution in [2.24, 2.45) is 0 Å². The van der Waals surface area contributed by atoms with Crippen molar-refractivity contribution in [2.45, 2.75) is 32.7 Å². The van der Waals surface area contributed by atoms with Crippen molar-refractivity contribution < 1.29 is 4.74 Å². The van der Waals surface area contributed by atoms with Gasteiger partial charge in [0.2, 0.25) is 0 Å². The first-order chi connectivity index (χ1) is 8.94. The lowest BCUT2D eigenvalue weighted by Crippen LogP contribution is -2.40. The van der Waals surface area contributed by atoms with Crippen molar-refractivity contribution >= 4 is 17.3 Å². The normalized spacial score (nSPS) is 11.4. The summed E-state index contributed by atoms with van der Waals surface area (Å²) in [4.78, 5) is 8.24. The Labute approximate surface area is 114 Å². The smallest absolute Gasteiger partial charge is 0.169 e. The quantitative estimate of drug-likeness (QED) is 0.436. The third-order valence-electron chi connectivity index (χ3n) is 2.26. The highest BCUT2D eigenvalue weighted by atomic mass is 16.5. The second kappa shape index (κ2) is 7.10. The summed E-state index contributed by atoms with van der Waals surface area (Å²) >= 11 is 0. The number of methoxy groups -OCH3 is 1. The number of nitrogens with two attached hydrogens (primary N) is 1. The Kier molecular flexibility index (Phi) is 5.78. The largest absolute Gasteiger partial charge is 0.393 e. The van der Waals surface area contributed by atoms with Crippen LogP contribution in [0.15, 0.2) is 6.33 Å². The molecule has 5 N–H and O–H groups in total. The monoisotopic (exact) mass is 268 g/mol. The van der Waals surface area contributed by atoms with Crippen molar-refractivity contribution in [3.8, 4) is 0 Å². The maximum absolute atomic E-state index is 6.01. The number of rotatable bonds is 7. The van der Waals surface area contributed by atoms with Crippen LogP contribution in [0.4, 0.5) is 17.3 Å². The Bertz CT molecular complexity index is 390. The molecule has 1 aromatic rings. The molecular formula is C12H24N6O. The number of anilines is 3. The van der Waals surface area contributed by atoms with Gasteiger partial charge in [0.1, 0.15) is 12.0 Å². The third kappa shape index (κ3) is 5.71. The molecule has 1 rings (SSSR count). The van der Waals surface area contributed by atoms with E-state index < -0.39 is 0 Å². The summed E-state index contributed by atoms with van der Waals surface area (Å²) in [5.41, 5.74) is 12.5. The summed E-state index contributed by atoms with van der Waals surface area (Å²) in [6, 6.07) is 0. The van der Waals surface area contributed by atoms with E-state index in [4.69, 9.17) is 10.5 Å². The highest BCUT2D eigenvalue weighted by molar-refractivity contribution is 5.73. The summed E-state index contributed by atoms with van der Waals surface area (Å²) in [6.45, 7) is 7.58. The molecule has 0 aliphatic carbocycles. The van der Waals surface area contributed by atoms with E-state index in [-0.39, 0.29) is 5.54 Å². The van der Waals surface area contributed by atoms with E-state index in [0.29, 0.717) is 23.9 Å². The van der Waals surface area contributed by atoms with Gasteiger partial charge in [-0.05, 0) is 27.2 Å². The van der Waals surface area contributed by atoms with E-state index in [9.17, 15) is 0 Å². The zero-order chi connectivity index (χ0) is 14.3. The number of nitrogen functional groups attached to an aromatic ring is 1. The molecule has 7 nitrogen and oxygen atoms in total. The number of aromatic nitrogens is 2. The molecule has 0 fully saturated rings. The summed E-state index contributed by atoms with van der Waals surface area (Å²) in [6.07, 6.45) is 2.37. The first kappa shape index (κ1) is 15.5. The van der Waals surface area contributed by atoms with Gasteiger partial charge < -0.3 is 21.2 Å². The summed E-state index contributed by atoms with van der Waals surface area (Å²) < 4.78 is 4.98. The predicted molar refractivity (Wildman–Crippen MR) is 77.9 cm³/mol. The molecule has 0 bridgehead atoms. The van der Waals surface area contributed by atoms with Crippen molar-refractivity contribution in [1.29, 1.82) is 0 Å². The average molecular weight is 268 g/mol. The molecule has 0 saturated heterocycles. The van der Waals surface area contributed by atoms with Crippen LogP contribution in [0.1, 0.15) is 27.2 Å². The molecule has 19 heavy (non-hydrogen) atoms. The maximum Gasteiger partial charge on any atom is 0.169 e. The number of hydrogen-bond acceptors (Lipinski definition) is 7. The number of ether oxygens (including phenoxy) is 1. The first-order valence-electron chi connectivity index (χ1n) is 6.30. The van der Waals surface area contributed by atoms with Crippen molar-refractivity contribution in [1.82, 2.24) is 15.4 Å². The van der Waals surface area contributed by atoms with Crippen LogP contribution in [0.3, 0.4) is 0 Å². The number of hydrogen-bond donors (Lipinski definition) is 4. The van der Waals surface area contributed by atoms with Gasteiger partial charge in [-0.25, -0.2) is 15.4 Å². The van der Waals surface area contributed by atoms with Gasteiger partial charge in [0.15, 0.2) is 11.6 Å². The van der Waals surface area contributed by atoms with Gasteiger partial charge in [-0.1, -0.05) is 0 Å². The third-order valence-corrected chi connectivity index (χ3v) is 2.26. The Morgan fingerprint density at radius 3 is 2.58 bits per heavy atom. The molecule has 7 heteroatoms. The molecule has 0 radical (unpaired) electrons. The second-order valence-electron chi connectivity index (χ2n) is 5.26. The van der Waals surface area contributed by atoms with Gasteiger partial charge in [0.05, 0.1) is 0 Å². The van der Waals surface area contributed by atoms with Gasteiger partial charge in [0, 0.05) is 25.8 Å². The summed E-state index contributed by atoms with van der Waals surface area (Å²) in [5, 5.41) is 3.16. The van der Waals surface area contributed by atoms with Gasteiger partial charge in [-0.2, -0.15) is 0 Å². The summed E-state index contributed by atoms with van der Waals surface area (Å²) in [5.74, 6) is 1.20. The van der Waals surface area contributed by atoms with Crippen LogP contribution in [0, 0.1) is 0 Å². The van der Waals surface area contributed by atoms with Crippen LogP contribution in [-0.4, -0.2) is 35.8 Å². The molecule has 1 heterocycles. The van der Waals surface area contributed by atoms with Crippen LogP contribution in [-0.2, 0) is 4.74 Å². The highest BCUT2D eigenvalue weighted by Gasteiger charge is 2.12. The van der Waals surface area contributed by atoms with Crippen LogP contribution < -0.4 is 21.9 Å². The molecule has 1 aromatic heterocycles. The fraction of sp³-hybridized carbons (Fsp3) is 0.667. The SMILES string of the molecule is COCCCNc1ncnc(NNC(C)(C)C)c1N. The number of hydrazine groups is 1. The van der Waals surface area contributed by atoms with E-state index in [1.54, 1.807) is 7.11 Å². The average Bonchev–Trinajstić information content (AvgIpc) is 2.34. The lowest BCUT2D eigenvalue weighted by Gasteiger charge is -2.22. The Balaban J connectivity index is 2.59. The molecule has 0 unspecified atom stereocenters. The number of nitrogens with one attached hydrogen (secondary N) is 3. The minimum absolute atomic E-state index is 0.0799. The standard InChI is InChI=1S/C12H24N6O/c1-12(2,3)18-17-11-9(13)10(15-8-16-11)14-6-5-7-19-4/h8,18H,5-7,13H2,1-4H3,(H2,14,15,16,17). The molecule has 108 valence electrons. The van der Waals surface area contributed by atoms with Gasteiger partial charge in [-0.15, -0.1) is 0 Å². The Hall–Kier alpha value is -1.60. The van der Waals surface area contributed by atoms with Gasteiger partial charge in [0.25, 0.3) is 0 Å². The molecule has 0 amide bonds. The predicted octanol–water partition coefficient (Wildman–Crippen LogP) is 1.22. The van der Waals surface area contributed by atoms with Crippen LogP contribution in [0.5, 0.6) is 0 Å². The minimum Gasteiger partial charge on any atom is -0.393 e. The van der Waals surface area contributed by atoms with Crippen molar-refractivity contribution in [3.63, 3.8) is 0 Å². The lowest BCUT2D eigenvalue weighted by molar-refractivity contribution is 0.198. The van der Waals surface area contributed by atoms with Gasteiger partial charge in [-0.3, -0.25) is 0 Å². The van der Waals surface area contributed by atoms with E-state index in [1.807, 2.05) is 20.8 Å². The molecule has 0 saturated carbocycles. The highest BCUT2D eigenvalue weighted by Crippen LogP contribution is 2.21. The molecule has 0 aromatic carbocycles. The van der Waals surface area contributed by atoms with E-state index in [2.05, 4.69) is 26.1 Å². The van der Waals surface area contributed by atoms with Crippen LogP contribution in [0.25, 0.3) is 0 Å². The van der Waals surface area contributed by atoms with E-state index >= 15 is 0 Å². The van der Waals surface area contributed by atoms with Crippen molar-refractivity contribution in [2.75, 3.05) is 36.7 Å². The molecular weight excluding hydrogens is 244 g/mol. The molecule has 0 spiro atoms. The zero-order valence-electron chi connectivity index (χ0n) is 12.1. The maximum atomic E-state index is 6.01. The lowest BCUT2D eigenvalue weighted by atomic mass is 10.1. The van der Waals surface area contributed by atoms with Gasteiger partial charge >= 0.3 is 0 Å². The summed E-state index contributed by atoms with van der Waals surface area (Å²) in [7, 11) is 1.68. The van der Waals surface area contributed by atoms with E-state index in [0.717, 1.165) is 13.0 Å². The molecule has 0 atom stereocenters. The fourth-order valence-electron chi connectivity index (χ4n) is 1.31. The van der Waals surface area contributed by atoms with Crippen molar-refractivity contribution in [3.05, 3.63) is 6.33 Å². The minimum atomic E-state index is -0.0799. The van der Waals surface area contributed by atoms with Crippen LogP contribution in [0.2, 0.25) is 0 Å². The molecule has 0 aliphatic rings. The molecule has 0 aliphatic heterocycles. The van der Waals surface area contributed by atoms with E-state index in [1.165, 1.54) is 6.33 Å². The number of nitrogens with zero attached hydrogens (tertiary/aromatic N) is 2. The van der Waals surface area contributed by atoms with Crippen LogP contribution >= 0.6 is 0 Å². The Morgan fingerprint density at radius 2 is 1.95 bits per heavy atom. The second-order valence-corrected chi connectivity index (χ2v) is 5.26. The first-order valence-corrected chi connectivity index (χ1v) is 6.30.